The van der Waals surface area contributed by atoms with Crippen molar-refractivity contribution in [2.75, 3.05) is 0 Å². The van der Waals surface area contributed by atoms with Crippen LogP contribution in [0.5, 0.6) is 5.75 Å². The first-order valence-corrected chi connectivity index (χ1v) is 7.19. The van der Waals surface area contributed by atoms with Crippen molar-refractivity contribution >= 4 is 11.9 Å². The van der Waals surface area contributed by atoms with E-state index >= 15 is 0 Å². The topological polar surface area (TPSA) is 37.3 Å². The Morgan fingerprint density at radius 2 is 1.90 bits per heavy atom. The monoisotopic (exact) mass is 288 g/mol. The zero-order valence-electron chi connectivity index (χ0n) is 12.7. The number of phenolic OH excluding ortho intramolecular Hbond substituents is 1. The van der Waals surface area contributed by atoms with Gasteiger partial charge in [0.25, 0.3) is 0 Å². The summed E-state index contributed by atoms with van der Waals surface area (Å²) in [6.45, 7) is 5.82. The lowest BCUT2D eigenvalue weighted by molar-refractivity contribution is -0.121. The van der Waals surface area contributed by atoms with Gasteiger partial charge in [-0.15, -0.1) is 0 Å². The quantitative estimate of drug-likeness (QED) is 0.818. The molecule has 1 aliphatic carbocycles. The second-order valence-corrected chi connectivity index (χ2v) is 6.26. The van der Waals surface area contributed by atoms with Gasteiger partial charge in [0.15, 0.2) is 0 Å². The largest absolute Gasteiger partial charge is 0.508 e. The van der Waals surface area contributed by atoms with Gasteiger partial charge in [-0.3, -0.25) is 0 Å². The molecule has 1 unspecified atom stereocenters. The molecule has 1 aliphatic rings. The van der Waals surface area contributed by atoms with Gasteiger partial charge in [-0.05, 0) is 47.6 Å². The first kappa shape index (κ1) is 15.5. The molecule has 1 aromatic rings. The zero-order valence-corrected chi connectivity index (χ0v) is 12.7. The Labute approximate surface area is 125 Å². The van der Waals surface area contributed by atoms with E-state index in [2.05, 4.69) is 0 Å². The number of aromatic hydroxyl groups is 1. The Morgan fingerprint density at radius 3 is 2.43 bits per heavy atom. The number of rotatable bonds is 4. The maximum Gasteiger partial charge on any atom is 0.133 e. The second kappa shape index (κ2) is 5.47. The smallest absolute Gasteiger partial charge is 0.133 e. The molecule has 2 rings (SSSR count). The SMILES string of the molecule is CCC(C)(C)C1(C=O)CC(c2ccc(O)cc2)=CC=C1F. The lowest BCUT2D eigenvalue weighted by atomic mass is 9.59. The van der Waals surface area contributed by atoms with E-state index in [0.717, 1.165) is 17.4 Å². The van der Waals surface area contributed by atoms with Gasteiger partial charge in [-0.1, -0.05) is 39.0 Å². The van der Waals surface area contributed by atoms with E-state index in [-0.39, 0.29) is 11.6 Å². The van der Waals surface area contributed by atoms with E-state index in [1.165, 1.54) is 6.08 Å². The number of halogens is 1. The van der Waals surface area contributed by atoms with Crippen LogP contribution in [0.1, 0.15) is 39.2 Å². The fourth-order valence-corrected chi connectivity index (χ4v) is 2.78. The lowest BCUT2D eigenvalue weighted by Gasteiger charge is -2.43. The summed E-state index contributed by atoms with van der Waals surface area (Å²) in [7, 11) is 0. The molecular weight excluding hydrogens is 267 g/mol. The first-order chi connectivity index (χ1) is 9.86. The minimum Gasteiger partial charge on any atom is -0.508 e. The van der Waals surface area contributed by atoms with Crippen LogP contribution in [-0.4, -0.2) is 11.4 Å². The molecule has 0 saturated heterocycles. The molecule has 0 spiro atoms. The second-order valence-electron chi connectivity index (χ2n) is 6.26. The Balaban J connectivity index is 2.46. The average Bonchev–Trinajstić information content (AvgIpc) is 2.48. The Morgan fingerprint density at radius 1 is 1.29 bits per heavy atom. The molecule has 1 N–H and O–H groups in total. The lowest BCUT2D eigenvalue weighted by Crippen LogP contribution is -2.41. The first-order valence-electron chi connectivity index (χ1n) is 7.19. The van der Waals surface area contributed by atoms with E-state index in [0.29, 0.717) is 12.8 Å². The van der Waals surface area contributed by atoms with Gasteiger partial charge in [-0.2, -0.15) is 0 Å². The maximum absolute atomic E-state index is 14.5. The van der Waals surface area contributed by atoms with Crippen molar-refractivity contribution in [3.8, 4) is 5.75 Å². The third-order valence-electron chi connectivity index (χ3n) is 4.86. The van der Waals surface area contributed by atoms with E-state index in [9.17, 15) is 14.3 Å². The van der Waals surface area contributed by atoms with Crippen molar-refractivity contribution < 1.29 is 14.3 Å². The van der Waals surface area contributed by atoms with Crippen LogP contribution in [0.3, 0.4) is 0 Å². The van der Waals surface area contributed by atoms with E-state index in [1.54, 1.807) is 30.3 Å². The van der Waals surface area contributed by atoms with Crippen LogP contribution in [0.15, 0.2) is 42.2 Å². The number of hydrogen-bond acceptors (Lipinski definition) is 2. The van der Waals surface area contributed by atoms with Crippen molar-refractivity contribution in [2.45, 2.75) is 33.6 Å². The Bertz CT molecular complexity index is 596. The number of phenols is 1. The third-order valence-corrected chi connectivity index (χ3v) is 4.86. The van der Waals surface area contributed by atoms with Gasteiger partial charge in [0.05, 0.1) is 5.41 Å². The minimum atomic E-state index is -1.12. The zero-order chi connectivity index (χ0) is 15.7. The Hall–Kier alpha value is -1.90. The van der Waals surface area contributed by atoms with Crippen LogP contribution in [-0.2, 0) is 4.79 Å². The van der Waals surface area contributed by atoms with Gasteiger partial charge >= 0.3 is 0 Å². The summed E-state index contributed by atoms with van der Waals surface area (Å²) in [6.07, 6.45) is 4.92. The van der Waals surface area contributed by atoms with Gasteiger partial charge in [0.1, 0.15) is 17.9 Å². The van der Waals surface area contributed by atoms with Crippen molar-refractivity contribution in [2.24, 2.45) is 10.8 Å². The highest BCUT2D eigenvalue weighted by atomic mass is 19.1. The number of benzene rings is 1. The molecule has 1 aromatic carbocycles. The summed E-state index contributed by atoms with van der Waals surface area (Å²) in [4.78, 5) is 11.8. The Kier molecular flexibility index (Phi) is 4.04. The molecule has 0 saturated carbocycles. The fourth-order valence-electron chi connectivity index (χ4n) is 2.78. The summed E-state index contributed by atoms with van der Waals surface area (Å²) >= 11 is 0. The highest BCUT2D eigenvalue weighted by Crippen LogP contribution is 2.53. The molecule has 3 heteroatoms. The van der Waals surface area contributed by atoms with Crippen molar-refractivity contribution in [3.05, 3.63) is 47.8 Å². The van der Waals surface area contributed by atoms with E-state index in [1.807, 2.05) is 20.8 Å². The van der Waals surface area contributed by atoms with Gasteiger partial charge in [0, 0.05) is 0 Å². The molecule has 0 bridgehead atoms. The molecule has 0 heterocycles. The summed E-state index contributed by atoms with van der Waals surface area (Å²) in [6, 6.07) is 6.76. The van der Waals surface area contributed by atoms with Crippen LogP contribution in [0.2, 0.25) is 0 Å². The summed E-state index contributed by atoms with van der Waals surface area (Å²) in [5.41, 5.74) is 0.217. The van der Waals surface area contributed by atoms with Crippen LogP contribution >= 0.6 is 0 Å². The van der Waals surface area contributed by atoms with Gasteiger partial charge in [0.2, 0.25) is 0 Å². The normalized spacial score (nSPS) is 22.5. The highest BCUT2D eigenvalue weighted by Gasteiger charge is 2.49. The minimum absolute atomic E-state index is 0.187. The standard InChI is InChI=1S/C18H21FO2/c1-4-17(2,3)18(12-20)11-14(7-10-16(18)19)13-5-8-15(21)9-6-13/h5-10,12,21H,4,11H2,1-3H3. The highest BCUT2D eigenvalue weighted by molar-refractivity contribution is 5.78. The predicted molar refractivity (Wildman–Crippen MR) is 82.5 cm³/mol. The van der Waals surface area contributed by atoms with Gasteiger partial charge in [-0.25, -0.2) is 4.39 Å². The maximum atomic E-state index is 14.5. The molecule has 0 aliphatic heterocycles. The summed E-state index contributed by atoms with van der Waals surface area (Å²) < 4.78 is 14.5. The van der Waals surface area contributed by atoms with Crippen LogP contribution < -0.4 is 0 Å². The van der Waals surface area contributed by atoms with Crippen molar-refractivity contribution in [1.82, 2.24) is 0 Å². The summed E-state index contributed by atoms with van der Waals surface area (Å²) in [5, 5.41) is 9.37. The fraction of sp³-hybridized carbons (Fsp3) is 0.389. The van der Waals surface area contributed by atoms with Crippen molar-refractivity contribution in [1.29, 1.82) is 0 Å². The molecule has 2 nitrogen and oxygen atoms in total. The number of carbonyl (C=O) groups excluding carboxylic acids is 1. The molecule has 0 aromatic heterocycles. The molecular formula is C18H21FO2. The molecule has 0 amide bonds. The van der Waals surface area contributed by atoms with Crippen LogP contribution in [0.4, 0.5) is 4.39 Å². The number of allylic oxidation sites excluding steroid dienone is 4. The van der Waals surface area contributed by atoms with Gasteiger partial charge < -0.3 is 9.90 Å². The number of aldehydes is 1. The number of hydrogen-bond donors (Lipinski definition) is 1. The molecule has 112 valence electrons. The molecule has 0 fully saturated rings. The van der Waals surface area contributed by atoms with E-state index < -0.39 is 10.8 Å². The third kappa shape index (κ3) is 2.53. The van der Waals surface area contributed by atoms with E-state index in [4.69, 9.17) is 0 Å². The summed E-state index contributed by atoms with van der Waals surface area (Å²) in [5.74, 6) is -0.181. The molecule has 1 atom stereocenters. The molecule has 0 radical (unpaired) electrons. The predicted octanol–water partition coefficient (Wildman–Crippen LogP) is 4.65. The van der Waals surface area contributed by atoms with Crippen molar-refractivity contribution in [3.63, 3.8) is 0 Å². The van der Waals surface area contributed by atoms with Crippen LogP contribution in [0, 0.1) is 10.8 Å². The average molecular weight is 288 g/mol. The number of carbonyl (C=O) groups is 1. The van der Waals surface area contributed by atoms with Crippen LogP contribution in [0.25, 0.3) is 5.57 Å². The molecule has 21 heavy (non-hydrogen) atoms.